The maximum atomic E-state index is 13.1. The lowest BCUT2D eigenvalue weighted by molar-refractivity contribution is -0.996. The van der Waals surface area contributed by atoms with Gasteiger partial charge in [-0.2, -0.15) is 15.7 Å². The van der Waals surface area contributed by atoms with Gasteiger partial charge in [-0.25, -0.2) is 15.6 Å². The van der Waals surface area contributed by atoms with E-state index in [4.69, 9.17) is 5.21 Å². The Kier molecular flexibility index (Phi) is 7.14. The summed E-state index contributed by atoms with van der Waals surface area (Å²) < 4.78 is 0. The molecule has 0 spiro atoms. The molecule has 1 fully saturated rings. The zero-order valence-electron chi connectivity index (χ0n) is 16.7. The fraction of sp³-hybridized carbons (Fsp3) is 0.278. The van der Waals surface area contributed by atoms with Crippen molar-refractivity contribution in [3.05, 3.63) is 57.6 Å². The Morgan fingerprint density at radius 1 is 0.903 bits per heavy atom. The first-order chi connectivity index (χ1) is 14.7. The van der Waals surface area contributed by atoms with Gasteiger partial charge in [0.1, 0.15) is 5.69 Å². The summed E-state index contributed by atoms with van der Waals surface area (Å²) in [6.07, 6.45) is 0. The number of amides is 1. The number of anilines is 2. The van der Waals surface area contributed by atoms with Gasteiger partial charge < -0.3 is 30.7 Å². The Balaban J connectivity index is 2.02. The molecule has 0 saturated carbocycles. The Hall–Kier alpha value is -2.69. The highest BCUT2D eigenvalue weighted by Gasteiger charge is 2.29. The van der Waals surface area contributed by atoms with Crippen molar-refractivity contribution in [3.63, 3.8) is 0 Å². The van der Waals surface area contributed by atoms with E-state index < -0.39 is 21.6 Å². The smallest absolute Gasteiger partial charge is 0.258 e. The Labute approximate surface area is 177 Å². The molecule has 0 aliphatic carbocycles. The number of carbonyl (C=O) groups excluding carboxylic acids is 1. The van der Waals surface area contributed by atoms with Crippen molar-refractivity contribution in [3.8, 4) is 0 Å². The van der Waals surface area contributed by atoms with Crippen LogP contribution in [0.3, 0.4) is 0 Å². The number of likely N-dealkylation sites (N-methyl/N-ethyl adjacent to an activating group) is 1. The first-order valence-corrected chi connectivity index (χ1v) is 9.40. The van der Waals surface area contributed by atoms with E-state index in [-0.39, 0.29) is 34.0 Å². The highest BCUT2D eigenvalue weighted by atomic mass is 16.8. The molecule has 13 nitrogen and oxygen atoms in total. The van der Waals surface area contributed by atoms with Crippen molar-refractivity contribution in [2.75, 3.05) is 43.4 Å². The summed E-state index contributed by atoms with van der Waals surface area (Å²) in [7, 11) is 1.93. The summed E-state index contributed by atoms with van der Waals surface area (Å²) in [6.45, 7) is 2.24. The number of hydrogen-bond acceptors (Lipinski definition) is 9. The molecule has 168 valence electrons. The average molecular weight is 436 g/mol. The van der Waals surface area contributed by atoms with Gasteiger partial charge in [-0.05, 0) is 19.2 Å². The van der Waals surface area contributed by atoms with Gasteiger partial charge in [-0.3, -0.25) is 4.79 Å². The molecule has 1 amide bonds. The topological polar surface area (TPSA) is 179 Å². The Morgan fingerprint density at radius 3 is 2.00 bits per heavy atom. The number of rotatable bonds is 6. The fourth-order valence-electron chi connectivity index (χ4n) is 3.36. The standard InChI is InChI=1S/C18H24N6O7/c1-20-6-8-21(9-7-20)17-15(10-14(23(28)29)11-16(17)24(30)31)18(25)19-12-2-4-13(5-3-12)22(26)27/h2-5,10-11,22-24,26,28,30H,6-9H2,1H3,(H,19,25). The molecule has 3 rings (SSSR count). The molecule has 3 unspecified atom stereocenters. The van der Waals surface area contributed by atoms with E-state index >= 15 is 0 Å². The number of nitrogens with zero attached hydrogens (tertiary/aromatic N) is 2. The van der Waals surface area contributed by atoms with E-state index in [9.17, 15) is 30.8 Å². The maximum Gasteiger partial charge on any atom is 0.258 e. The van der Waals surface area contributed by atoms with Crippen LogP contribution in [0.1, 0.15) is 10.4 Å². The molecule has 2 aromatic carbocycles. The second kappa shape index (κ2) is 9.63. The van der Waals surface area contributed by atoms with Gasteiger partial charge in [-0.1, -0.05) is 0 Å². The van der Waals surface area contributed by atoms with Crippen LogP contribution in [-0.2, 0) is 0 Å². The highest BCUT2D eigenvalue weighted by molar-refractivity contribution is 6.10. The van der Waals surface area contributed by atoms with Crippen LogP contribution in [0, 0.1) is 15.6 Å². The molecule has 1 aliphatic heterocycles. The number of carbonyl (C=O) groups is 1. The predicted molar refractivity (Wildman–Crippen MR) is 108 cm³/mol. The summed E-state index contributed by atoms with van der Waals surface area (Å²) in [5, 5.41) is 61.4. The number of hydrogen-bond donors (Lipinski definition) is 7. The predicted octanol–water partition coefficient (Wildman–Crippen LogP) is -2.10. The van der Waals surface area contributed by atoms with E-state index in [2.05, 4.69) is 10.2 Å². The van der Waals surface area contributed by atoms with Crippen molar-refractivity contribution in [2.24, 2.45) is 0 Å². The Bertz CT molecular complexity index is 914. The lowest BCUT2D eigenvalue weighted by Gasteiger charge is -2.36. The van der Waals surface area contributed by atoms with E-state index in [0.717, 1.165) is 12.1 Å². The molecular weight excluding hydrogens is 412 g/mol. The third-order valence-electron chi connectivity index (χ3n) is 5.04. The Morgan fingerprint density at radius 2 is 1.48 bits per heavy atom. The number of nitrogens with one attached hydrogen (secondary N) is 4. The van der Waals surface area contributed by atoms with Gasteiger partial charge in [0.05, 0.1) is 11.6 Å². The van der Waals surface area contributed by atoms with Crippen molar-refractivity contribution < 1.29 is 36.1 Å². The summed E-state index contributed by atoms with van der Waals surface area (Å²) in [5.74, 6) is -0.692. The molecule has 7 N–H and O–H groups in total. The summed E-state index contributed by atoms with van der Waals surface area (Å²) in [4.78, 5) is 16.9. The van der Waals surface area contributed by atoms with Crippen molar-refractivity contribution >= 4 is 34.3 Å². The molecule has 1 aliphatic rings. The van der Waals surface area contributed by atoms with Crippen LogP contribution in [0.4, 0.5) is 28.4 Å². The normalized spacial score (nSPS) is 17.8. The van der Waals surface area contributed by atoms with Crippen LogP contribution in [0.2, 0.25) is 0 Å². The van der Waals surface area contributed by atoms with Gasteiger partial charge in [0.2, 0.25) is 0 Å². The van der Waals surface area contributed by atoms with Crippen LogP contribution in [0.25, 0.3) is 0 Å². The zero-order valence-corrected chi connectivity index (χ0v) is 16.7. The lowest BCUT2D eigenvalue weighted by atomic mass is 10.1. The number of piperazine rings is 1. The van der Waals surface area contributed by atoms with Crippen LogP contribution in [0.5, 0.6) is 0 Å². The summed E-state index contributed by atoms with van der Waals surface area (Å²) >= 11 is 0. The third kappa shape index (κ3) is 5.33. The lowest BCUT2D eigenvalue weighted by Crippen LogP contribution is -3.01. The van der Waals surface area contributed by atoms with Gasteiger partial charge in [0.25, 0.3) is 5.91 Å². The molecule has 1 saturated heterocycles. The maximum absolute atomic E-state index is 13.1. The fourth-order valence-corrected chi connectivity index (χ4v) is 3.36. The molecule has 1 heterocycles. The summed E-state index contributed by atoms with van der Waals surface area (Å²) in [6, 6.07) is 7.64. The second-order valence-electron chi connectivity index (χ2n) is 7.16. The molecule has 13 heteroatoms. The minimum absolute atomic E-state index is 0.0390. The van der Waals surface area contributed by atoms with Crippen molar-refractivity contribution in [2.45, 2.75) is 0 Å². The van der Waals surface area contributed by atoms with Crippen LogP contribution >= 0.6 is 0 Å². The number of quaternary nitrogens is 3. The van der Waals surface area contributed by atoms with Crippen molar-refractivity contribution in [1.29, 1.82) is 0 Å². The van der Waals surface area contributed by atoms with Crippen LogP contribution < -0.4 is 25.9 Å². The van der Waals surface area contributed by atoms with Crippen molar-refractivity contribution in [1.82, 2.24) is 4.90 Å². The van der Waals surface area contributed by atoms with Gasteiger partial charge in [0, 0.05) is 50.1 Å². The third-order valence-corrected chi connectivity index (χ3v) is 5.04. The number of benzene rings is 2. The molecule has 0 radical (unpaired) electrons. The molecular formula is C18H24N6O7. The largest absolute Gasteiger partial charge is 0.595 e. The molecule has 0 aromatic heterocycles. The molecule has 0 bridgehead atoms. The average Bonchev–Trinajstić information content (AvgIpc) is 2.73. The zero-order chi connectivity index (χ0) is 22.7. The monoisotopic (exact) mass is 436 g/mol. The van der Waals surface area contributed by atoms with Gasteiger partial charge >= 0.3 is 0 Å². The SMILES string of the molecule is CN1CCN(c2c(C(=O)Nc3ccc([NH+]([O-])O)cc3)cc([NH+]([O-])O)cc2[NH+]([O-])O)CC1. The minimum Gasteiger partial charge on any atom is -0.595 e. The van der Waals surface area contributed by atoms with Gasteiger partial charge in [-0.15, -0.1) is 0 Å². The molecule has 3 atom stereocenters. The van der Waals surface area contributed by atoms with E-state index in [1.165, 1.54) is 24.3 Å². The second-order valence-corrected chi connectivity index (χ2v) is 7.16. The highest BCUT2D eigenvalue weighted by Crippen LogP contribution is 2.32. The van der Waals surface area contributed by atoms with E-state index in [1.807, 2.05) is 7.05 Å². The van der Waals surface area contributed by atoms with E-state index in [1.54, 1.807) is 4.90 Å². The summed E-state index contributed by atoms with van der Waals surface area (Å²) in [5.41, 5.74) is -0.180. The van der Waals surface area contributed by atoms with Crippen LogP contribution in [-0.4, -0.2) is 59.7 Å². The first-order valence-electron chi connectivity index (χ1n) is 9.40. The molecule has 31 heavy (non-hydrogen) atoms. The first kappa shape index (κ1) is 23.0. The van der Waals surface area contributed by atoms with E-state index in [0.29, 0.717) is 26.2 Å². The molecule has 2 aromatic rings. The minimum atomic E-state index is -1.35. The van der Waals surface area contributed by atoms with Crippen LogP contribution in [0.15, 0.2) is 36.4 Å². The van der Waals surface area contributed by atoms with Gasteiger partial charge in [0.15, 0.2) is 17.1 Å². The quantitative estimate of drug-likeness (QED) is 0.250.